The van der Waals surface area contributed by atoms with E-state index in [9.17, 15) is 4.79 Å². The number of carboxylic acid groups (broad SMARTS) is 1. The van der Waals surface area contributed by atoms with E-state index in [-0.39, 0.29) is 0 Å². The molecule has 0 fully saturated rings. The number of benzene rings is 1. The van der Waals surface area contributed by atoms with Crippen molar-refractivity contribution in [3.63, 3.8) is 0 Å². The first-order valence-corrected chi connectivity index (χ1v) is 7.04. The van der Waals surface area contributed by atoms with E-state index >= 15 is 0 Å². The van der Waals surface area contributed by atoms with Crippen molar-refractivity contribution in [2.45, 2.75) is 12.8 Å². The van der Waals surface area contributed by atoms with Gasteiger partial charge in [0.1, 0.15) is 5.82 Å². The summed E-state index contributed by atoms with van der Waals surface area (Å²) in [6.07, 6.45) is 5.37. The van der Waals surface area contributed by atoms with Crippen molar-refractivity contribution in [3.05, 3.63) is 53.6 Å². The third kappa shape index (κ3) is 4.16. The summed E-state index contributed by atoms with van der Waals surface area (Å²) in [5, 5.41) is 9.17. The first-order valence-electron chi connectivity index (χ1n) is 7.04. The molecule has 112 valence electrons. The van der Waals surface area contributed by atoms with Gasteiger partial charge in [-0.2, -0.15) is 0 Å². The molecule has 1 heterocycles. The van der Waals surface area contributed by atoms with Gasteiger partial charge in [-0.05, 0) is 25.1 Å². The molecule has 21 heavy (non-hydrogen) atoms. The zero-order valence-electron chi connectivity index (χ0n) is 12.5. The normalized spacial score (nSPS) is 11.0. The van der Waals surface area contributed by atoms with Crippen molar-refractivity contribution in [2.24, 2.45) is 7.05 Å². The molecule has 0 bridgehead atoms. The van der Waals surface area contributed by atoms with Crippen molar-refractivity contribution in [1.82, 2.24) is 14.5 Å². The number of carbonyl (C=O) groups is 1. The van der Waals surface area contributed by atoms with E-state index < -0.39 is 5.97 Å². The van der Waals surface area contributed by atoms with Crippen LogP contribution in [0.4, 0.5) is 0 Å². The third-order valence-corrected chi connectivity index (χ3v) is 3.65. The number of hydrogen-bond acceptors (Lipinski definition) is 3. The van der Waals surface area contributed by atoms with Gasteiger partial charge in [0.05, 0.1) is 5.56 Å². The molecule has 0 aliphatic rings. The second-order valence-corrected chi connectivity index (χ2v) is 5.22. The molecule has 0 aliphatic carbocycles. The minimum Gasteiger partial charge on any atom is -0.478 e. The van der Waals surface area contributed by atoms with Gasteiger partial charge in [-0.3, -0.25) is 0 Å². The smallest absolute Gasteiger partial charge is 0.335 e. The van der Waals surface area contributed by atoms with E-state index in [1.807, 2.05) is 37.0 Å². The Labute approximate surface area is 124 Å². The molecule has 5 nitrogen and oxygen atoms in total. The fourth-order valence-corrected chi connectivity index (χ4v) is 2.30. The second kappa shape index (κ2) is 7.04. The summed E-state index contributed by atoms with van der Waals surface area (Å²) in [5.41, 5.74) is 1.28. The van der Waals surface area contributed by atoms with Crippen molar-refractivity contribution in [1.29, 1.82) is 0 Å². The summed E-state index contributed by atoms with van der Waals surface area (Å²) >= 11 is 0. The van der Waals surface area contributed by atoms with Crippen LogP contribution in [-0.4, -0.2) is 45.7 Å². The molecule has 0 saturated heterocycles. The van der Waals surface area contributed by atoms with Gasteiger partial charge in [-0.1, -0.05) is 18.2 Å². The Kier molecular flexibility index (Phi) is 5.11. The quantitative estimate of drug-likeness (QED) is 0.844. The molecule has 0 aliphatic heterocycles. The molecule has 0 unspecified atom stereocenters. The first kappa shape index (κ1) is 15.3. The number of aromatic nitrogens is 2. The van der Waals surface area contributed by atoms with Gasteiger partial charge in [-0.15, -0.1) is 0 Å². The van der Waals surface area contributed by atoms with Gasteiger partial charge >= 0.3 is 5.97 Å². The minimum absolute atomic E-state index is 0.398. The van der Waals surface area contributed by atoms with Gasteiger partial charge in [0, 0.05) is 39.0 Å². The average molecular weight is 287 g/mol. The lowest BCUT2D eigenvalue weighted by atomic mass is 10.0. The molecule has 0 saturated carbocycles. The van der Waals surface area contributed by atoms with E-state index in [1.165, 1.54) is 0 Å². The van der Waals surface area contributed by atoms with Crippen LogP contribution in [0.5, 0.6) is 0 Å². The molecule has 0 amide bonds. The maximum Gasteiger partial charge on any atom is 0.335 e. The van der Waals surface area contributed by atoms with Crippen LogP contribution in [0.15, 0.2) is 36.7 Å². The van der Waals surface area contributed by atoms with Crippen molar-refractivity contribution < 1.29 is 9.90 Å². The molecule has 2 rings (SSSR count). The van der Waals surface area contributed by atoms with E-state index in [4.69, 9.17) is 5.11 Å². The van der Waals surface area contributed by atoms with Crippen molar-refractivity contribution in [3.8, 4) is 0 Å². The Bertz CT molecular complexity index is 607. The highest BCUT2D eigenvalue weighted by Gasteiger charge is 2.10. The van der Waals surface area contributed by atoms with E-state index in [2.05, 4.69) is 9.88 Å². The van der Waals surface area contributed by atoms with Gasteiger partial charge in [-0.25, -0.2) is 9.78 Å². The molecule has 0 atom stereocenters. The molecule has 1 aromatic carbocycles. The van der Waals surface area contributed by atoms with Crippen LogP contribution >= 0.6 is 0 Å². The number of aryl methyl sites for hydroxylation is 1. The number of hydrogen-bond donors (Lipinski definition) is 1. The lowest BCUT2D eigenvalue weighted by molar-refractivity contribution is 0.0695. The molecule has 0 radical (unpaired) electrons. The minimum atomic E-state index is -0.860. The fourth-order valence-electron chi connectivity index (χ4n) is 2.30. The highest BCUT2D eigenvalue weighted by Crippen LogP contribution is 2.10. The summed E-state index contributed by atoms with van der Waals surface area (Å²) in [4.78, 5) is 17.7. The lowest BCUT2D eigenvalue weighted by Crippen LogP contribution is -2.25. The van der Waals surface area contributed by atoms with E-state index in [1.54, 1.807) is 18.3 Å². The first-order chi connectivity index (χ1) is 10.1. The van der Waals surface area contributed by atoms with Gasteiger partial charge in [0.25, 0.3) is 0 Å². The van der Waals surface area contributed by atoms with Gasteiger partial charge < -0.3 is 14.6 Å². The monoisotopic (exact) mass is 287 g/mol. The van der Waals surface area contributed by atoms with Crippen molar-refractivity contribution in [2.75, 3.05) is 20.1 Å². The van der Waals surface area contributed by atoms with Crippen LogP contribution in [0, 0.1) is 0 Å². The Morgan fingerprint density at radius 2 is 2.00 bits per heavy atom. The number of aromatic carboxylic acids is 1. The predicted molar refractivity (Wildman–Crippen MR) is 81.5 cm³/mol. The van der Waals surface area contributed by atoms with Crippen LogP contribution in [-0.2, 0) is 19.9 Å². The van der Waals surface area contributed by atoms with E-state index in [0.29, 0.717) is 5.56 Å². The highest BCUT2D eigenvalue weighted by molar-refractivity contribution is 5.89. The zero-order chi connectivity index (χ0) is 15.2. The average Bonchev–Trinajstić information content (AvgIpc) is 2.88. The summed E-state index contributed by atoms with van der Waals surface area (Å²) < 4.78 is 2.02. The summed E-state index contributed by atoms with van der Waals surface area (Å²) in [5.74, 6) is 0.203. The molecule has 5 heteroatoms. The van der Waals surface area contributed by atoms with Crippen LogP contribution in [0.1, 0.15) is 21.7 Å². The number of imidazole rings is 1. The molecule has 0 spiro atoms. The molecule has 2 aromatic rings. The Morgan fingerprint density at radius 1 is 1.29 bits per heavy atom. The SMILES string of the molecule is CN(CCc1ccccc1C(=O)O)CCc1nccn1C. The Balaban J connectivity index is 1.85. The number of rotatable bonds is 7. The third-order valence-electron chi connectivity index (χ3n) is 3.65. The topological polar surface area (TPSA) is 58.4 Å². The maximum atomic E-state index is 11.2. The second-order valence-electron chi connectivity index (χ2n) is 5.22. The number of carboxylic acids is 1. The van der Waals surface area contributed by atoms with Crippen LogP contribution in [0.3, 0.4) is 0 Å². The number of nitrogens with zero attached hydrogens (tertiary/aromatic N) is 3. The largest absolute Gasteiger partial charge is 0.478 e. The summed E-state index contributed by atoms with van der Waals surface area (Å²) in [7, 11) is 4.04. The zero-order valence-corrected chi connectivity index (χ0v) is 12.5. The molecular weight excluding hydrogens is 266 g/mol. The molecule has 1 aromatic heterocycles. The standard InChI is InChI=1S/C16H21N3O2/c1-18(11-8-15-17-9-12-19(15)2)10-7-13-5-3-4-6-14(13)16(20)21/h3-6,9,12H,7-8,10-11H2,1-2H3,(H,20,21). The summed E-state index contributed by atoms with van der Waals surface area (Å²) in [6.45, 7) is 1.73. The van der Waals surface area contributed by atoms with E-state index in [0.717, 1.165) is 37.3 Å². The lowest BCUT2D eigenvalue weighted by Gasteiger charge is -2.17. The van der Waals surface area contributed by atoms with Crippen LogP contribution in [0.25, 0.3) is 0 Å². The Morgan fingerprint density at radius 3 is 2.67 bits per heavy atom. The number of likely N-dealkylation sites (N-methyl/N-ethyl adjacent to an activating group) is 1. The maximum absolute atomic E-state index is 11.2. The van der Waals surface area contributed by atoms with Crippen LogP contribution in [0.2, 0.25) is 0 Å². The predicted octanol–water partition coefficient (Wildman–Crippen LogP) is 1.84. The fraction of sp³-hybridized carbons (Fsp3) is 0.375. The Hall–Kier alpha value is -2.14. The highest BCUT2D eigenvalue weighted by atomic mass is 16.4. The summed E-state index contributed by atoms with van der Waals surface area (Å²) in [6, 6.07) is 7.19. The molecule has 1 N–H and O–H groups in total. The van der Waals surface area contributed by atoms with Gasteiger partial charge in [0.2, 0.25) is 0 Å². The molecular formula is C16H21N3O2. The van der Waals surface area contributed by atoms with Crippen LogP contribution < -0.4 is 0 Å². The van der Waals surface area contributed by atoms with Gasteiger partial charge in [0.15, 0.2) is 0 Å². The van der Waals surface area contributed by atoms with Crippen molar-refractivity contribution >= 4 is 5.97 Å².